The molecule has 3 rings (SSSR count). The van der Waals surface area contributed by atoms with E-state index in [1.807, 2.05) is 12.1 Å². The van der Waals surface area contributed by atoms with Gasteiger partial charge in [-0.25, -0.2) is 4.79 Å². The summed E-state index contributed by atoms with van der Waals surface area (Å²) in [4.78, 5) is 26.3. The standard InChI is InChI=1S/C22H23F3N2O5/c23-22(24,25)15-31-13-16-1-3-17(4-2-16)21(29)32-14-20(28)26-18-5-7-19(8-6-18)27-9-11-30-12-10-27/h1-8H,9-15H2,(H,26,28). The molecule has 0 atom stereocenters. The molecule has 1 aliphatic heterocycles. The van der Waals surface area contributed by atoms with Crippen LogP contribution < -0.4 is 10.2 Å². The topological polar surface area (TPSA) is 77.1 Å². The molecule has 7 nitrogen and oxygen atoms in total. The van der Waals surface area contributed by atoms with E-state index in [4.69, 9.17) is 9.47 Å². The van der Waals surface area contributed by atoms with Crippen molar-refractivity contribution in [1.82, 2.24) is 0 Å². The van der Waals surface area contributed by atoms with Gasteiger partial charge >= 0.3 is 12.1 Å². The zero-order valence-electron chi connectivity index (χ0n) is 17.2. The van der Waals surface area contributed by atoms with E-state index in [-0.39, 0.29) is 12.2 Å². The van der Waals surface area contributed by atoms with Gasteiger partial charge < -0.3 is 24.4 Å². The van der Waals surface area contributed by atoms with E-state index >= 15 is 0 Å². The lowest BCUT2D eigenvalue weighted by Gasteiger charge is -2.28. The van der Waals surface area contributed by atoms with Crippen molar-refractivity contribution in [3.63, 3.8) is 0 Å². The Labute approximate surface area is 183 Å². The van der Waals surface area contributed by atoms with Gasteiger partial charge in [0.1, 0.15) is 6.61 Å². The van der Waals surface area contributed by atoms with Gasteiger partial charge in [0, 0.05) is 24.5 Å². The number of ether oxygens (including phenoxy) is 3. The highest BCUT2D eigenvalue weighted by Crippen LogP contribution is 2.19. The van der Waals surface area contributed by atoms with Crippen LogP contribution in [0.3, 0.4) is 0 Å². The maximum atomic E-state index is 12.1. The number of esters is 1. The normalized spacial score (nSPS) is 14.2. The SMILES string of the molecule is O=C(COC(=O)c1ccc(COCC(F)(F)F)cc1)Nc1ccc(N2CCOCC2)cc1. The summed E-state index contributed by atoms with van der Waals surface area (Å²) in [6.45, 7) is 0.924. The molecule has 2 aromatic rings. The molecule has 32 heavy (non-hydrogen) atoms. The smallest absolute Gasteiger partial charge is 0.411 e. The predicted molar refractivity (Wildman–Crippen MR) is 111 cm³/mol. The van der Waals surface area contributed by atoms with Crippen molar-refractivity contribution in [3.8, 4) is 0 Å². The van der Waals surface area contributed by atoms with Crippen molar-refractivity contribution < 1.29 is 37.0 Å². The Balaban J connectivity index is 1.41. The molecule has 0 spiro atoms. The van der Waals surface area contributed by atoms with E-state index in [1.165, 1.54) is 24.3 Å². The van der Waals surface area contributed by atoms with Crippen LogP contribution in [-0.4, -0.2) is 57.6 Å². The molecule has 1 fully saturated rings. The fourth-order valence-corrected chi connectivity index (χ4v) is 3.01. The second kappa shape index (κ2) is 11.0. The minimum Gasteiger partial charge on any atom is -0.452 e. The third-order valence-electron chi connectivity index (χ3n) is 4.59. The van der Waals surface area contributed by atoms with Crippen LogP contribution in [0.5, 0.6) is 0 Å². The summed E-state index contributed by atoms with van der Waals surface area (Å²) in [6, 6.07) is 13.0. The zero-order valence-corrected chi connectivity index (χ0v) is 17.2. The van der Waals surface area contributed by atoms with Crippen molar-refractivity contribution in [3.05, 3.63) is 59.7 Å². The fourth-order valence-electron chi connectivity index (χ4n) is 3.01. The molecule has 1 saturated heterocycles. The van der Waals surface area contributed by atoms with Crippen LogP contribution in [0.25, 0.3) is 0 Å². The minimum absolute atomic E-state index is 0.173. The Morgan fingerprint density at radius 3 is 2.28 bits per heavy atom. The number of nitrogens with zero attached hydrogens (tertiary/aromatic N) is 1. The van der Waals surface area contributed by atoms with Crippen LogP contribution in [0.15, 0.2) is 48.5 Å². The van der Waals surface area contributed by atoms with Crippen LogP contribution in [0.2, 0.25) is 0 Å². The highest BCUT2D eigenvalue weighted by molar-refractivity contribution is 5.95. The molecule has 172 valence electrons. The number of morpholine rings is 1. The van der Waals surface area contributed by atoms with E-state index in [2.05, 4.69) is 15.0 Å². The lowest BCUT2D eigenvalue weighted by atomic mass is 10.1. The summed E-state index contributed by atoms with van der Waals surface area (Å²) in [6.07, 6.45) is -4.39. The van der Waals surface area contributed by atoms with Crippen LogP contribution in [0.4, 0.5) is 24.5 Å². The molecule has 10 heteroatoms. The molecule has 0 unspecified atom stereocenters. The van der Waals surface area contributed by atoms with Gasteiger partial charge in [-0.1, -0.05) is 12.1 Å². The van der Waals surface area contributed by atoms with Gasteiger partial charge in [0.15, 0.2) is 6.61 Å². The summed E-state index contributed by atoms with van der Waals surface area (Å²) in [5.74, 6) is -1.21. The number of carbonyl (C=O) groups is 2. The second-order valence-electron chi connectivity index (χ2n) is 7.08. The molecule has 0 radical (unpaired) electrons. The van der Waals surface area contributed by atoms with Gasteiger partial charge in [0.25, 0.3) is 5.91 Å². The third kappa shape index (κ3) is 7.54. The van der Waals surface area contributed by atoms with Gasteiger partial charge in [-0.3, -0.25) is 4.79 Å². The van der Waals surface area contributed by atoms with Crippen molar-refractivity contribution >= 4 is 23.3 Å². The van der Waals surface area contributed by atoms with Gasteiger partial charge in [-0.2, -0.15) is 13.2 Å². The van der Waals surface area contributed by atoms with E-state index in [1.54, 1.807) is 12.1 Å². The molecule has 0 saturated carbocycles. The zero-order chi connectivity index (χ0) is 23.0. The summed E-state index contributed by atoms with van der Waals surface area (Å²) in [5.41, 5.74) is 2.26. The number of benzene rings is 2. The number of anilines is 2. The number of hydrogen-bond donors (Lipinski definition) is 1. The first-order valence-electron chi connectivity index (χ1n) is 9.93. The molecular weight excluding hydrogens is 429 g/mol. The van der Waals surface area contributed by atoms with Crippen LogP contribution >= 0.6 is 0 Å². The fraction of sp³-hybridized carbons (Fsp3) is 0.364. The highest BCUT2D eigenvalue weighted by atomic mass is 19.4. The maximum absolute atomic E-state index is 12.1. The third-order valence-corrected chi connectivity index (χ3v) is 4.59. The quantitative estimate of drug-likeness (QED) is 0.619. The number of nitrogens with one attached hydrogen (secondary N) is 1. The lowest BCUT2D eigenvalue weighted by molar-refractivity contribution is -0.176. The summed E-state index contributed by atoms with van der Waals surface area (Å²) < 4.78 is 51.1. The second-order valence-corrected chi connectivity index (χ2v) is 7.08. The number of amides is 1. The van der Waals surface area contributed by atoms with Crippen molar-refractivity contribution in [1.29, 1.82) is 0 Å². The van der Waals surface area contributed by atoms with Gasteiger partial charge in [-0.05, 0) is 42.0 Å². The van der Waals surface area contributed by atoms with E-state index < -0.39 is 31.3 Å². The molecule has 1 aliphatic rings. The van der Waals surface area contributed by atoms with Crippen LogP contribution in [-0.2, 0) is 25.6 Å². The summed E-state index contributed by atoms with van der Waals surface area (Å²) in [7, 11) is 0. The molecule has 1 N–H and O–H groups in total. The molecule has 1 heterocycles. The first kappa shape index (κ1) is 23.6. The van der Waals surface area contributed by atoms with Crippen molar-refractivity contribution in [2.75, 3.05) is 49.7 Å². The molecular formula is C22H23F3N2O5. The van der Waals surface area contributed by atoms with Crippen molar-refractivity contribution in [2.45, 2.75) is 12.8 Å². The largest absolute Gasteiger partial charge is 0.452 e. The predicted octanol–water partition coefficient (Wildman–Crippen LogP) is 3.40. The minimum atomic E-state index is -4.39. The lowest BCUT2D eigenvalue weighted by Crippen LogP contribution is -2.36. The molecule has 0 bridgehead atoms. The van der Waals surface area contributed by atoms with Gasteiger partial charge in [0.2, 0.25) is 0 Å². The first-order valence-corrected chi connectivity index (χ1v) is 9.93. The molecule has 0 aromatic heterocycles. The van der Waals surface area contributed by atoms with Gasteiger partial charge in [-0.15, -0.1) is 0 Å². The molecule has 0 aliphatic carbocycles. The number of halogens is 3. The Morgan fingerprint density at radius 2 is 1.66 bits per heavy atom. The van der Waals surface area contributed by atoms with Gasteiger partial charge in [0.05, 0.1) is 25.4 Å². The van der Waals surface area contributed by atoms with Crippen LogP contribution in [0, 0.1) is 0 Å². The summed E-state index contributed by atoms with van der Waals surface area (Å²) in [5, 5.41) is 2.66. The monoisotopic (exact) mass is 452 g/mol. The average molecular weight is 452 g/mol. The average Bonchev–Trinajstić information content (AvgIpc) is 2.78. The van der Waals surface area contributed by atoms with E-state index in [0.29, 0.717) is 24.5 Å². The van der Waals surface area contributed by atoms with Crippen molar-refractivity contribution in [2.24, 2.45) is 0 Å². The Hall–Kier alpha value is -3.11. The number of alkyl halides is 3. The summed E-state index contributed by atoms with van der Waals surface area (Å²) >= 11 is 0. The molecule has 1 amide bonds. The Bertz CT molecular complexity index is 895. The molecule has 2 aromatic carbocycles. The Morgan fingerprint density at radius 1 is 1.00 bits per heavy atom. The number of carbonyl (C=O) groups excluding carboxylic acids is 2. The van der Waals surface area contributed by atoms with E-state index in [9.17, 15) is 22.8 Å². The number of hydrogen-bond acceptors (Lipinski definition) is 6. The number of rotatable bonds is 8. The first-order chi connectivity index (χ1) is 15.3. The highest BCUT2D eigenvalue weighted by Gasteiger charge is 2.27. The van der Waals surface area contributed by atoms with Crippen LogP contribution in [0.1, 0.15) is 15.9 Å². The maximum Gasteiger partial charge on any atom is 0.411 e. The van der Waals surface area contributed by atoms with E-state index in [0.717, 1.165) is 18.8 Å². The Kier molecular flexibility index (Phi) is 8.07.